The van der Waals surface area contributed by atoms with Crippen LogP contribution in [-0.4, -0.2) is 32.9 Å². The number of halogens is 1. The van der Waals surface area contributed by atoms with Gasteiger partial charge in [-0.2, -0.15) is 0 Å². The first-order valence-electron chi connectivity index (χ1n) is 7.26. The quantitative estimate of drug-likeness (QED) is 0.946. The van der Waals surface area contributed by atoms with E-state index in [0.717, 1.165) is 29.5 Å². The maximum absolute atomic E-state index is 6.01. The first-order valence-corrected chi connectivity index (χ1v) is 7.64. The molecule has 1 aliphatic rings. The summed E-state index contributed by atoms with van der Waals surface area (Å²) in [6.07, 6.45) is 7.68. The molecular formula is C15H21ClN4. The molecule has 2 atom stereocenters. The topological polar surface area (TPSA) is 46.6 Å². The first kappa shape index (κ1) is 13.9. The van der Waals surface area contributed by atoms with Crippen LogP contribution in [-0.2, 0) is 6.54 Å². The van der Waals surface area contributed by atoms with Crippen molar-refractivity contribution in [1.82, 2.24) is 14.3 Å². The Labute approximate surface area is 124 Å². The summed E-state index contributed by atoms with van der Waals surface area (Å²) in [7, 11) is 0. The fourth-order valence-electron chi connectivity index (χ4n) is 3.16. The fraction of sp³-hybridized carbons (Fsp3) is 0.533. The van der Waals surface area contributed by atoms with Gasteiger partial charge in [0.2, 0.25) is 0 Å². The van der Waals surface area contributed by atoms with Crippen molar-refractivity contribution < 1.29 is 0 Å². The lowest BCUT2D eigenvalue weighted by atomic mass is 9.96. The van der Waals surface area contributed by atoms with Gasteiger partial charge >= 0.3 is 0 Å². The van der Waals surface area contributed by atoms with Gasteiger partial charge in [0, 0.05) is 37.6 Å². The molecule has 0 saturated carbocycles. The van der Waals surface area contributed by atoms with Crippen molar-refractivity contribution >= 4 is 17.2 Å². The third-order valence-corrected chi connectivity index (χ3v) is 4.50. The van der Waals surface area contributed by atoms with Crippen molar-refractivity contribution in [2.24, 2.45) is 5.73 Å². The minimum atomic E-state index is 0.479. The van der Waals surface area contributed by atoms with Gasteiger partial charge in [-0.15, -0.1) is 0 Å². The minimum absolute atomic E-state index is 0.479. The number of hydrogen-bond acceptors (Lipinski definition) is 3. The molecule has 1 saturated heterocycles. The van der Waals surface area contributed by atoms with Gasteiger partial charge in [0.05, 0.1) is 10.7 Å². The Balaban J connectivity index is 1.83. The summed E-state index contributed by atoms with van der Waals surface area (Å²) >= 11 is 6.01. The van der Waals surface area contributed by atoms with Crippen LogP contribution < -0.4 is 5.73 Å². The molecule has 4 nitrogen and oxygen atoms in total. The van der Waals surface area contributed by atoms with E-state index >= 15 is 0 Å². The van der Waals surface area contributed by atoms with E-state index in [1.54, 1.807) is 0 Å². The van der Waals surface area contributed by atoms with Crippen molar-refractivity contribution in [1.29, 1.82) is 0 Å². The van der Waals surface area contributed by atoms with E-state index in [1.807, 2.05) is 22.7 Å². The molecule has 0 amide bonds. The van der Waals surface area contributed by atoms with E-state index in [9.17, 15) is 0 Å². The van der Waals surface area contributed by atoms with Crippen molar-refractivity contribution in [3.8, 4) is 0 Å². The number of pyridine rings is 1. The van der Waals surface area contributed by atoms with E-state index in [-0.39, 0.29) is 0 Å². The Morgan fingerprint density at radius 1 is 1.35 bits per heavy atom. The van der Waals surface area contributed by atoms with Gasteiger partial charge < -0.3 is 10.1 Å². The maximum atomic E-state index is 6.01. The number of fused-ring (bicyclic) bond motifs is 1. The average Bonchev–Trinajstić information content (AvgIpc) is 2.82. The van der Waals surface area contributed by atoms with Crippen LogP contribution in [0.15, 0.2) is 24.5 Å². The molecule has 1 aliphatic heterocycles. The zero-order valence-corrected chi connectivity index (χ0v) is 12.6. The smallest absolute Gasteiger partial charge is 0.137 e. The Kier molecular flexibility index (Phi) is 3.96. The van der Waals surface area contributed by atoms with Crippen LogP contribution in [0.4, 0.5) is 0 Å². The molecule has 2 unspecified atom stereocenters. The summed E-state index contributed by atoms with van der Waals surface area (Å²) in [5.74, 6) is 0. The number of rotatable bonds is 3. The van der Waals surface area contributed by atoms with Crippen LogP contribution >= 0.6 is 11.6 Å². The van der Waals surface area contributed by atoms with Crippen molar-refractivity contribution in [2.75, 3.05) is 6.54 Å². The summed E-state index contributed by atoms with van der Waals surface area (Å²) in [6, 6.07) is 4.88. The summed E-state index contributed by atoms with van der Waals surface area (Å²) in [6.45, 7) is 3.88. The molecule has 0 aliphatic carbocycles. The SMILES string of the molecule is CC1CCCC(CN)N1Cc1cn2cc(Cl)ccc2n1. The molecule has 0 radical (unpaired) electrons. The highest BCUT2D eigenvalue weighted by Crippen LogP contribution is 2.24. The fourth-order valence-corrected chi connectivity index (χ4v) is 3.33. The third kappa shape index (κ3) is 2.68. The summed E-state index contributed by atoms with van der Waals surface area (Å²) in [5.41, 5.74) is 7.95. The summed E-state index contributed by atoms with van der Waals surface area (Å²) in [4.78, 5) is 7.17. The van der Waals surface area contributed by atoms with E-state index in [0.29, 0.717) is 12.1 Å². The van der Waals surface area contributed by atoms with Gasteiger partial charge in [-0.25, -0.2) is 4.98 Å². The van der Waals surface area contributed by atoms with Gasteiger partial charge in [0.15, 0.2) is 0 Å². The van der Waals surface area contributed by atoms with Gasteiger partial charge in [-0.05, 0) is 31.9 Å². The van der Waals surface area contributed by atoms with E-state index in [2.05, 4.69) is 23.0 Å². The van der Waals surface area contributed by atoms with Crippen molar-refractivity contribution in [3.05, 3.63) is 35.2 Å². The predicted octanol–water partition coefficient (Wildman–Crippen LogP) is 2.69. The van der Waals surface area contributed by atoms with Crippen LogP contribution in [0.5, 0.6) is 0 Å². The second-order valence-corrected chi connectivity index (χ2v) is 6.12. The Morgan fingerprint density at radius 2 is 2.20 bits per heavy atom. The molecule has 2 aromatic rings. The van der Waals surface area contributed by atoms with Gasteiger partial charge in [-0.1, -0.05) is 18.0 Å². The predicted molar refractivity (Wildman–Crippen MR) is 81.9 cm³/mol. The summed E-state index contributed by atoms with van der Waals surface area (Å²) in [5, 5.41) is 0.729. The van der Waals surface area contributed by atoms with Gasteiger partial charge in [-0.3, -0.25) is 4.90 Å². The highest BCUT2D eigenvalue weighted by atomic mass is 35.5. The molecule has 20 heavy (non-hydrogen) atoms. The minimum Gasteiger partial charge on any atom is -0.329 e. The molecule has 2 N–H and O–H groups in total. The molecule has 2 aromatic heterocycles. The van der Waals surface area contributed by atoms with Crippen molar-refractivity contribution in [3.63, 3.8) is 0 Å². The van der Waals surface area contributed by atoms with Crippen LogP contribution in [0.2, 0.25) is 5.02 Å². The first-order chi connectivity index (χ1) is 9.67. The number of likely N-dealkylation sites (tertiary alicyclic amines) is 1. The summed E-state index contributed by atoms with van der Waals surface area (Å²) < 4.78 is 1.99. The lowest BCUT2D eigenvalue weighted by Gasteiger charge is -2.39. The average molecular weight is 293 g/mol. The van der Waals surface area contributed by atoms with Crippen LogP contribution in [0.1, 0.15) is 31.9 Å². The van der Waals surface area contributed by atoms with E-state index in [1.165, 1.54) is 19.3 Å². The zero-order chi connectivity index (χ0) is 14.1. The Morgan fingerprint density at radius 3 is 3.00 bits per heavy atom. The molecule has 3 heterocycles. The molecule has 3 rings (SSSR count). The standard InChI is InChI=1S/C15H21ClN4/c1-11-3-2-4-14(7-17)20(11)10-13-9-19-8-12(16)5-6-15(19)18-13/h5-6,8-9,11,14H,2-4,7,10,17H2,1H3. The van der Waals surface area contributed by atoms with Crippen LogP contribution in [0, 0.1) is 0 Å². The molecule has 108 valence electrons. The third-order valence-electron chi connectivity index (χ3n) is 4.28. The normalized spacial score (nSPS) is 24.4. The zero-order valence-electron chi connectivity index (χ0n) is 11.8. The van der Waals surface area contributed by atoms with Gasteiger partial charge in [0.25, 0.3) is 0 Å². The molecular weight excluding hydrogens is 272 g/mol. The lowest BCUT2D eigenvalue weighted by molar-refractivity contribution is 0.0880. The van der Waals surface area contributed by atoms with Crippen molar-refractivity contribution in [2.45, 2.75) is 44.8 Å². The second kappa shape index (κ2) is 5.72. The molecule has 5 heteroatoms. The number of imidazole rings is 1. The lowest BCUT2D eigenvalue weighted by Crippen LogP contribution is -2.48. The van der Waals surface area contributed by atoms with E-state index in [4.69, 9.17) is 17.3 Å². The number of hydrogen-bond donors (Lipinski definition) is 1. The number of piperidine rings is 1. The molecule has 1 fully saturated rings. The highest BCUT2D eigenvalue weighted by Gasteiger charge is 2.27. The van der Waals surface area contributed by atoms with Crippen LogP contribution in [0.3, 0.4) is 0 Å². The largest absolute Gasteiger partial charge is 0.329 e. The Hall–Kier alpha value is -1.10. The van der Waals surface area contributed by atoms with Crippen LogP contribution in [0.25, 0.3) is 5.65 Å². The Bertz CT molecular complexity index is 595. The monoisotopic (exact) mass is 292 g/mol. The highest BCUT2D eigenvalue weighted by molar-refractivity contribution is 6.30. The van der Waals surface area contributed by atoms with Gasteiger partial charge in [0.1, 0.15) is 5.65 Å². The molecule has 0 bridgehead atoms. The number of aromatic nitrogens is 2. The number of nitrogens with two attached hydrogens (primary N) is 1. The number of nitrogens with zero attached hydrogens (tertiary/aromatic N) is 3. The maximum Gasteiger partial charge on any atom is 0.137 e. The second-order valence-electron chi connectivity index (χ2n) is 5.69. The molecule has 0 spiro atoms. The van der Waals surface area contributed by atoms with E-state index < -0.39 is 0 Å². The molecule has 0 aromatic carbocycles.